The summed E-state index contributed by atoms with van der Waals surface area (Å²) in [6, 6.07) is 4.03. The monoisotopic (exact) mass is 309 g/mol. The van der Waals surface area contributed by atoms with Crippen molar-refractivity contribution in [3.05, 3.63) is 23.0 Å². The fourth-order valence-electron chi connectivity index (χ4n) is 2.04. The van der Waals surface area contributed by atoms with Gasteiger partial charge in [-0.25, -0.2) is 0 Å². The minimum absolute atomic E-state index is 0.477. The summed E-state index contributed by atoms with van der Waals surface area (Å²) in [5, 5.41) is 15.7. The van der Waals surface area contributed by atoms with Crippen molar-refractivity contribution in [3.63, 3.8) is 0 Å². The van der Waals surface area contributed by atoms with Crippen LogP contribution in [-0.2, 0) is 6.54 Å². The maximum atomic E-state index is 6.19. The Morgan fingerprint density at radius 1 is 1.29 bits per heavy atom. The van der Waals surface area contributed by atoms with Crippen molar-refractivity contribution in [2.75, 3.05) is 14.2 Å². The summed E-state index contributed by atoms with van der Waals surface area (Å²) in [5.41, 5.74) is 0.681. The first-order valence-electron chi connectivity index (χ1n) is 6.65. The molecule has 1 aromatic carbocycles. The molecule has 1 N–H and O–H groups in total. The van der Waals surface area contributed by atoms with E-state index in [4.69, 9.17) is 21.1 Å². The van der Waals surface area contributed by atoms with E-state index in [1.807, 2.05) is 0 Å². The van der Waals surface area contributed by atoms with E-state index in [2.05, 4.69) is 20.8 Å². The van der Waals surface area contributed by atoms with Crippen LogP contribution in [0.1, 0.15) is 18.7 Å². The van der Waals surface area contributed by atoms with E-state index in [1.54, 1.807) is 31.0 Å². The molecule has 1 heterocycles. The Labute approximate surface area is 127 Å². The third kappa shape index (κ3) is 2.93. The van der Waals surface area contributed by atoms with Crippen molar-refractivity contribution in [2.24, 2.45) is 0 Å². The van der Waals surface area contributed by atoms with Crippen molar-refractivity contribution in [1.29, 1.82) is 0 Å². The van der Waals surface area contributed by atoms with Gasteiger partial charge in [0.25, 0.3) is 0 Å². The smallest absolute Gasteiger partial charge is 0.170 e. The van der Waals surface area contributed by atoms with Gasteiger partial charge in [-0.2, -0.15) is 4.68 Å². The van der Waals surface area contributed by atoms with E-state index in [0.29, 0.717) is 40.6 Å². The third-order valence-electron chi connectivity index (χ3n) is 3.34. The highest BCUT2D eigenvalue weighted by molar-refractivity contribution is 6.32. The number of nitrogens with one attached hydrogen (secondary N) is 1. The lowest BCUT2D eigenvalue weighted by Crippen LogP contribution is -2.19. The average Bonchev–Trinajstić information content (AvgIpc) is 3.21. The largest absolute Gasteiger partial charge is 0.495 e. The molecule has 112 valence electrons. The molecule has 1 aromatic heterocycles. The van der Waals surface area contributed by atoms with E-state index in [1.165, 1.54) is 12.8 Å². The summed E-state index contributed by atoms with van der Waals surface area (Å²) in [6.07, 6.45) is 2.42. The summed E-state index contributed by atoms with van der Waals surface area (Å²) < 4.78 is 12.2. The Bertz CT molecular complexity index is 641. The Balaban J connectivity index is 1.95. The number of aromatic nitrogens is 4. The summed E-state index contributed by atoms with van der Waals surface area (Å²) in [5.74, 6) is 1.85. The normalized spacial score (nSPS) is 14.2. The van der Waals surface area contributed by atoms with E-state index in [-0.39, 0.29) is 0 Å². The molecule has 0 aliphatic heterocycles. The lowest BCUT2D eigenvalue weighted by atomic mass is 10.2. The van der Waals surface area contributed by atoms with E-state index in [0.717, 1.165) is 0 Å². The molecular weight excluding hydrogens is 294 g/mol. The Morgan fingerprint density at radius 2 is 2.05 bits per heavy atom. The highest BCUT2D eigenvalue weighted by Crippen LogP contribution is 2.34. The van der Waals surface area contributed by atoms with Gasteiger partial charge >= 0.3 is 0 Å². The number of benzene rings is 1. The molecule has 0 unspecified atom stereocenters. The van der Waals surface area contributed by atoms with Gasteiger partial charge in [-0.3, -0.25) is 0 Å². The topological polar surface area (TPSA) is 74.1 Å². The van der Waals surface area contributed by atoms with Crippen LogP contribution in [0.25, 0.3) is 5.69 Å². The zero-order valence-corrected chi connectivity index (χ0v) is 12.6. The number of halogens is 1. The van der Waals surface area contributed by atoms with Gasteiger partial charge in [-0.05, 0) is 29.3 Å². The Hall–Kier alpha value is -1.86. The molecule has 0 amide bonds. The van der Waals surface area contributed by atoms with E-state index >= 15 is 0 Å². The molecule has 1 aliphatic carbocycles. The van der Waals surface area contributed by atoms with Crippen LogP contribution in [0.5, 0.6) is 11.5 Å². The molecule has 0 bridgehead atoms. The number of nitrogens with zero attached hydrogens (tertiary/aromatic N) is 4. The first-order chi connectivity index (χ1) is 10.2. The molecule has 1 aliphatic rings. The van der Waals surface area contributed by atoms with Crippen LogP contribution < -0.4 is 14.8 Å². The molecule has 7 nitrogen and oxygen atoms in total. The van der Waals surface area contributed by atoms with Gasteiger partial charge in [-0.1, -0.05) is 11.6 Å². The van der Waals surface area contributed by atoms with E-state index < -0.39 is 0 Å². The molecule has 1 fully saturated rings. The average molecular weight is 310 g/mol. The van der Waals surface area contributed by atoms with Gasteiger partial charge in [0.15, 0.2) is 5.82 Å². The second kappa shape index (κ2) is 5.87. The second-order valence-corrected chi connectivity index (χ2v) is 5.23. The lowest BCUT2D eigenvalue weighted by molar-refractivity contribution is 0.392. The number of methoxy groups -OCH3 is 2. The number of hydrogen-bond donors (Lipinski definition) is 1. The number of hydrogen-bond acceptors (Lipinski definition) is 6. The molecule has 0 atom stereocenters. The first kappa shape index (κ1) is 14.1. The van der Waals surface area contributed by atoms with Gasteiger partial charge in [0.1, 0.15) is 17.2 Å². The molecule has 8 heteroatoms. The molecule has 0 saturated heterocycles. The van der Waals surface area contributed by atoms with Crippen molar-refractivity contribution in [2.45, 2.75) is 25.4 Å². The maximum absolute atomic E-state index is 6.19. The zero-order chi connectivity index (χ0) is 14.8. The predicted octanol–water partition coefficient (Wildman–Crippen LogP) is 1.58. The minimum atomic E-state index is 0.477. The standard InChI is InChI=1S/C13H16ClN5O2/c1-20-11-6-12(21-2)10(5-9(11)14)19-13(16-17-18-19)7-15-8-3-4-8/h5-6,8,15H,3-4,7H2,1-2H3. The van der Waals surface area contributed by atoms with Crippen LogP contribution in [0, 0.1) is 0 Å². The first-order valence-corrected chi connectivity index (χ1v) is 7.03. The van der Waals surface area contributed by atoms with Gasteiger partial charge in [0, 0.05) is 12.1 Å². The van der Waals surface area contributed by atoms with Crippen LogP contribution in [-0.4, -0.2) is 40.5 Å². The van der Waals surface area contributed by atoms with Crippen molar-refractivity contribution >= 4 is 11.6 Å². The minimum Gasteiger partial charge on any atom is -0.495 e. The fourth-order valence-corrected chi connectivity index (χ4v) is 2.27. The highest BCUT2D eigenvalue weighted by Gasteiger charge is 2.22. The van der Waals surface area contributed by atoms with Crippen LogP contribution in [0.3, 0.4) is 0 Å². The molecule has 0 spiro atoms. The van der Waals surface area contributed by atoms with Crippen LogP contribution in [0.2, 0.25) is 5.02 Å². The third-order valence-corrected chi connectivity index (χ3v) is 3.64. The van der Waals surface area contributed by atoms with Crippen LogP contribution in [0.4, 0.5) is 0 Å². The number of ether oxygens (including phenoxy) is 2. The number of tetrazole rings is 1. The SMILES string of the molecule is COc1cc(OC)c(-n2nnnc2CNC2CC2)cc1Cl. The lowest BCUT2D eigenvalue weighted by Gasteiger charge is -2.12. The van der Waals surface area contributed by atoms with E-state index in [9.17, 15) is 0 Å². The quantitative estimate of drug-likeness (QED) is 0.873. The fraction of sp³-hybridized carbons (Fsp3) is 0.462. The van der Waals surface area contributed by atoms with Gasteiger partial charge in [-0.15, -0.1) is 5.10 Å². The van der Waals surface area contributed by atoms with Crippen molar-refractivity contribution < 1.29 is 9.47 Å². The molecule has 3 rings (SSSR count). The predicted molar refractivity (Wildman–Crippen MR) is 77.1 cm³/mol. The molecular formula is C13H16ClN5O2. The zero-order valence-electron chi connectivity index (χ0n) is 11.8. The van der Waals surface area contributed by atoms with Crippen molar-refractivity contribution in [3.8, 4) is 17.2 Å². The Kier molecular flexibility index (Phi) is 3.94. The van der Waals surface area contributed by atoms with Gasteiger partial charge in [0.2, 0.25) is 0 Å². The van der Waals surface area contributed by atoms with Gasteiger partial charge < -0.3 is 14.8 Å². The maximum Gasteiger partial charge on any atom is 0.170 e. The number of rotatable bonds is 6. The van der Waals surface area contributed by atoms with Crippen molar-refractivity contribution in [1.82, 2.24) is 25.5 Å². The molecule has 0 radical (unpaired) electrons. The molecule has 1 saturated carbocycles. The molecule has 21 heavy (non-hydrogen) atoms. The summed E-state index contributed by atoms with van der Waals surface area (Å²) in [7, 11) is 3.14. The summed E-state index contributed by atoms with van der Waals surface area (Å²) in [4.78, 5) is 0. The van der Waals surface area contributed by atoms with Gasteiger partial charge in [0.05, 0.1) is 25.8 Å². The molecule has 2 aromatic rings. The second-order valence-electron chi connectivity index (χ2n) is 4.82. The summed E-state index contributed by atoms with van der Waals surface area (Å²) in [6.45, 7) is 0.602. The Morgan fingerprint density at radius 3 is 2.71 bits per heavy atom. The summed E-state index contributed by atoms with van der Waals surface area (Å²) >= 11 is 6.19. The highest BCUT2D eigenvalue weighted by atomic mass is 35.5. The van der Waals surface area contributed by atoms with Crippen LogP contribution >= 0.6 is 11.6 Å². The van der Waals surface area contributed by atoms with Crippen LogP contribution in [0.15, 0.2) is 12.1 Å².